The number of amides is 1. The molecule has 2 rings (SSSR count). The van der Waals surface area contributed by atoms with Gasteiger partial charge >= 0.3 is 0 Å². The lowest BCUT2D eigenvalue weighted by atomic mass is 10.1. The van der Waals surface area contributed by atoms with Crippen molar-refractivity contribution in [2.24, 2.45) is 0 Å². The molecule has 1 aliphatic heterocycles. The van der Waals surface area contributed by atoms with Crippen LogP contribution in [0.3, 0.4) is 0 Å². The van der Waals surface area contributed by atoms with E-state index in [0.29, 0.717) is 6.54 Å². The average molecular weight is 261 g/mol. The summed E-state index contributed by atoms with van der Waals surface area (Å²) >= 11 is 0. The van der Waals surface area contributed by atoms with Gasteiger partial charge in [0.25, 0.3) is 0 Å². The van der Waals surface area contributed by atoms with Crippen LogP contribution in [-0.4, -0.2) is 32.1 Å². The molecule has 0 aromatic heterocycles. The molecule has 1 aliphatic rings. The van der Waals surface area contributed by atoms with E-state index in [0.717, 1.165) is 32.6 Å². The van der Waals surface area contributed by atoms with Gasteiger partial charge in [0, 0.05) is 25.3 Å². The normalized spacial score (nSPS) is 15.5. The Kier molecular flexibility index (Phi) is 4.80. The van der Waals surface area contributed by atoms with Gasteiger partial charge in [-0.15, -0.1) is 0 Å². The molecule has 0 spiro atoms. The Labute approximate surface area is 115 Å². The highest BCUT2D eigenvalue weighted by Gasteiger charge is 2.18. The Bertz CT molecular complexity index is 445. The average Bonchev–Trinajstić information content (AvgIpc) is 2.39. The first-order valence-corrected chi connectivity index (χ1v) is 7.02. The molecule has 1 aromatic rings. The van der Waals surface area contributed by atoms with E-state index in [4.69, 9.17) is 0 Å². The smallest absolute Gasteiger partial charge is 0.239 e. The molecule has 1 fully saturated rings. The molecular formula is C15H23N3O. The number of hydrogen-bond donors (Lipinski definition) is 2. The minimum absolute atomic E-state index is 0.110. The summed E-state index contributed by atoms with van der Waals surface area (Å²) in [6.45, 7) is 8.24. The van der Waals surface area contributed by atoms with Crippen molar-refractivity contribution in [3.8, 4) is 0 Å². The Morgan fingerprint density at radius 2 is 2.26 bits per heavy atom. The molecule has 104 valence electrons. The number of benzene rings is 1. The van der Waals surface area contributed by atoms with Crippen LogP contribution >= 0.6 is 0 Å². The zero-order valence-electron chi connectivity index (χ0n) is 11.8. The number of carbonyl (C=O) groups excluding carboxylic acids is 1. The summed E-state index contributed by atoms with van der Waals surface area (Å²) < 4.78 is 0. The van der Waals surface area contributed by atoms with Gasteiger partial charge in [-0.1, -0.05) is 24.6 Å². The Balaban J connectivity index is 2.15. The Morgan fingerprint density at radius 1 is 1.42 bits per heavy atom. The number of hydrogen-bond acceptors (Lipinski definition) is 3. The van der Waals surface area contributed by atoms with Crippen LogP contribution in [0.15, 0.2) is 18.2 Å². The highest BCUT2D eigenvalue weighted by atomic mass is 16.2. The minimum Gasteiger partial charge on any atom is -0.360 e. The molecule has 0 bridgehead atoms. The van der Waals surface area contributed by atoms with Gasteiger partial charge in [-0.2, -0.15) is 0 Å². The lowest BCUT2D eigenvalue weighted by molar-refractivity contribution is -0.120. The summed E-state index contributed by atoms with van der Waals surface area (Å²) in [4.78, 5) is 13.7. The summed E-state index contributed by atoms with van der Waals surface area (Å²) in [5.74, 6) is 0.110. The van der Waals surface area contributed by atoms with Gasteiger partial charge in [-0.25, -0.2) is 0 Å². The van der Waals surface area contributed by atoms with E-state index in [1.165, 1.54) is 16.8 Å². The largest absolute Gasteiger partial charge is 0.360 e. The Hall–Kier alpha value is -1.55. The topological polar surface area (TPSA) is 44.4 Å². The van der Waals surface area contributed by atoms with Gasteiger partial charge in [-0.3, -0.25) is 4.79 Å². The van der Waals surface area contributed by atoms with E-state index < -0.39 is 0 Å². The van der Waals surface area contributed by atoms with E-state index >= 15 is 0 Å². The van der Waals surface area contributed by atoms with Crippen molar-refractivity contribution in [2.75, 3.05) is 31.1 Å². The fraction of sp³-hybridized carbons (Fsp3) is 0.533. The summed E-state index contributed by atoms with van der Waals surface area (Å²) in [7, 11) is 0. The molecule has 4 heteroatoms. The highest BCUT2D eigenvalue weighted by Crippen LogP contribution is 2.22. The maximum absolute atomic E-state index is 11.5. The Morgan fingerprint density at radius 3 is 3.00 bits per heavy atom. The third kappa shape index (κ3) is 3.70. The molecule has 0 radical (unpaired) electrons. The zero-order valence-corrected chi connectivity index (χ0v) is 11.8. The monoisotopic (exact) mass is 261 g/mol. The number of nitrogens with one attached hydrogen (secondary N) is 2. The predicted molar refractivity (Wildman–Crippen MR) is 78.4 cm³/mol. The second kappa shape index (κ2) is 6.57. The van der Waals surface area contributed by atoms with Crippen LogP contribution in [0.25, 0.3) is 0 Å². The van der Waals surface area contributed by atoms with E-state index in [2.05, 4.69) is 47.6 Å². The number of anilines is 1. The molecule has 19 heavy (non-hydrogen) atoms. The van der Waals surface area contributed by atoms with Gasteiger partial charge in [0.15, 0.2) is 0 Å². The zero-order chi connectivity index (χ0) is 13.7. The number of rotatable bonds is 5. The molecule has 0 atom stereocenters. The number of piperazine rings is 1. The molecule has 1 saturated heterocycles. The van der Waals surface area contributed by atoms with Gasteiger partial charge in [0.2, 0.25) is 5.91 Å². The maximum Gasteiger partial charge on any atom is 0.239 e. The van der Waals surface area contributed by atoms with Crippen LogP contribution in [0, 0.1) is 6.92 Å². The van der Waals surface area contributed by atoms with Crippen LogP contribution in [-0.2, 0) is 11.3 Å². The van der Waals surface area contributed by atoms with Crippen molar-refractivity contribution in [2.45, 2.75) is 26.8 Å². The molecule has 1 heterocycles. The molecule has 1 aromatic carbocycles. The molecule has 0 aliphatic carbocycles. The summed E-state index contributed by atoms with van der Waals surface area (Å²) in [5.41, 5.74) is 3.73. The van der Waals surface area contributed by atoms with Gasteiger partial charge in [0.1, 0.15) is 0 Å². The molecule has 0 saturated carbocycles. The van der Waals surface area contributed by atoms with E-state index in [-0.39, 0.29) is 5.91 Å². The van der Waals surface area contributed by atoms with Gasteiger partial charge in [0.05, 0.1) is 6.54 Å². The molecule has 1 amide bonds. The van der Waals surface area contributed by atoms with E-state index in [1.807, 2.05) is 0 Å². The van der Waals surface area contributed by atoms with Crippen LogP contribution in [0.5, 0.6) is 0 Å². The number of nitrogens with zero attached hydrogens (tertiary/aromatic N) is 1. The second-order valence-electron chi connectivity index (χ2n) is 5.08. The van der Waals surface area contributed by atoms with Crippen molar-refractivity contribution in [1.82, 2.24) is 10.6 Å². The molecule has 4 nitrogen and oxygen atoms in total. The minimum atomic E-state index is 0.110. The van der Waals surface area contributed by atoms with Crippen molar-refractivity contribution in [3.05, 3.63) is 29.3 Å². The summed E-state index contributed by atoms with van der Waals surface area (Å²) in [6, 6.07) is 6.46. The first-order valence-electron chi connectivity index (χ1n) is 7.02. The van der Waals surface area contributed by atoms with E-state index in [9.17, 15) is 4.79 Å². The number of aryl methyl sites for hydroxylation is 1. The fourth-order valence-corrected chi connectivity index (χ4v) is 2.41. The highest BCUT2D eigenvalue weighted by molar-refractivity contribution is 5.83. The summed E-state index contributed by atoms with van der Waals surface area (Å²) in [6.07, 6.45) is 1.13. The second-order valence-corrected chi connectivity index (χ2v) is 5.08. The van der Waals surface area contributed by atoms with Crippen LogP contribution in [0.4, 0.5) is 5.69 Å². The van der Waals surface area contributed by atoms with Crippen molar-refractivity contribution in [3.63, 3.8) is 0 Å². The standard InChI is InChI=1S/C15H23N3O/c1-3-6-16-10-13-9-12(2)4-5-14(13)18-8-7-17-15(19)11-18/h4-5,9,16H,3,6-8,10-11H2,1-2H3,(H,17,19). The SMILES string of the molecule is CCCNCc1cc(C)ccc1N1CCNC(=O)C1. The predicted octanol–water partition coefficient (Wildman–Crippen LogP) is 1.43. The van der Waals surface area contributed by atoms with Gasteiger partial charge < -0.3 is 15.5 Å². The van der Waals surface area contributed by atoms with Gasteiger partial charge in [-0.05, 0) is 31.5 Å². The third-order valence-corrected chi connectivity index (χ3v) is 3.36. The molecule has 2 N–H and O–H groups in total. The van der Waals surface area contributed by atoms with Crippen molar-refractivity contribution >= 4 is 11.6 Å². The summed E-state index contributed by atoms with van der Waals surface area (Å²) in [5, 5.41) is 6.31. The lowest BCUT2D eigenvalue weighted by Gasteiger charge is -2.30. The quantitative estimate of drug-likeness (QED) is 0.788. The van der Waals surface area contributed by atoms with Crippen molar-refractivity contribution < 1.29 is 4.79 Å². The molecule has 0 unspecified atom stereocenters. The molecular weight excluding hydrogens is 238 g/mol. The fourth-order valence-electron chi connectivity index (χ4n) is 2.41. The van der Waals surface area contributed by atoms with E-state index in [1.54, 1.807) is 0 Å². The van der Waals surface area contributed by atoms with Crippen LogP contribution in [0.2, 0.25) is 0 Å². The maximum atomic E-state index is 11.5. The first-order chi connectivity index (χ1) is 9.20. The number of carbonyl (C=O) groups is 1. The first kappa shape index (κ1) is 13.9. The lowest BCUT2D eigenvalue weighted by Crippen LogP contribution is -2.48. The van der Waals surface area contributed by atoms with Crippen LogP contribution < -0.4 is 15.5 Å². The van der Waals surface area contributed by atoms with Crippen molar-refractivity contribution in [1.29, 1.82) is 0 Å². The van der Waals surface area contributed by atoms with Crippen LogP contribution in [0.1, 0.15) is 24.5 Å². The third-order valence-electron chi connectivity index (χ3n) is 3.36.